The molecule has 2 aliphatic heterocycles. The summed E-state index contributed by atoms with van der Waals surface area (Å²) in [7, 11) is 1.66. The summed E-state index contributed by atoms with van der Waals surface area (Å²) in [5, 5.41) is 3.61. The number of carbonyl (C=O) groups excluding carboxylic acids is 1. The number of nitrogens with one attached hydrogen (secondary N) is 1. The first-order valence-electron chi connectivity index (χ1n) is 7.55. The molecule has 2 atom stereocenters. The van der Waals surface area contributed by atoms with E-state index < -0.39 is 0 Å². The molecule has 122 valence electrons. The topological polar surface area (TPSA) is 41.6 Å². The summed E-state index contributed by atoms with van der Waals surface area (Å²) in [5.41, 5.74) is 0. The van der Waals surface area contributed by atoms with Crippen LogP contribution in [-0.4, -0.2) is 48.8 Å². The molecular formula is C16H23ClN2O2S. The second kappa shape index (κ2) is 8.09. The van der Waals surface area contributed by atoms with E-state index in [0.29, 0.717) is 17.8 Å². The third-order valence-corrected chi connectivity index (χ3v) is 5.29. The van der Waals surface area contributed by atoms with E-state index in [-0.39, 0.29) is 18.3 Å². The van der Waals surface area contributed by atoms with Crippen LogP contribution < -0.4 is 10.1 Å². The highest BCUT2D eigenvalue weighted by atomic mass is 35.5. The number of hydrogen-bond acceptors (Lipinski definition) is 4. The largest absolute Gasteiger partial charge is 0.497 e. The van der Waals surface area contributed by atoms with Gasteiger partial charge in [-0.15, -0.1) is 24.2 Å². The molecule has 3 rings (SSSR count). The van der Waals surface area contributed by atoms with Crippen LogP contribution in [0.2, 0.25) is 0 Å². The molecule has 0 spiro atoms. The zero-order chi connectivity index (χ0) is 14.7. The molecule has 2 aliphatic rings. The summed E-state index contributed by atoms with van der Waals surface area (Å²) in [6.07, 6.45) is 3.57. The molecular weight excluding hydrogens is 320 g/mol. The SMILES string of the molecule is COc1ccc(SCC(=O)N2CCC3CCC(C2)N3)cc1.Cl. The van der Waals surface area contributed by atoms with Crippen LogP contribution >= 0.6 is 24.2 Å². The molecule has 1 N–H and O–H groups in total. The Balaban J connectivity index is 0.00000176. The minimum Gasteiger partial charge on any atom is -0.497 e. The first-order valence-corrected chi connectivity index (χ1v) is 8.54. The summed E-state index contributed by atoms with van der Waals surface area (Å²) < 4.78 is 5.14. The maximum Gasteiger partial charge on any atom is 0.232 e. The number of amides is 1. The molecule has 2 fully saturated rings. The van der Waals surface area contributed by atoms with Crippen molar-refractivity contribution in [2.45, 2.75) is 36.2 Å². The Hall–Kier alpha value is -0.910. The van der Waals surface area contributed by atoms with Gasteiger partial charge in [-0.3, -0.25) is 4.79 Å². The number of fused-ring (bicyclic) bond motifs is 2. The van der Waals surface area contributed by atoms with Gasteiger partial charge >= 0.3 is 0 Å². The Kier molecular flexibility index (Phi) is 6.41. The van der Waals surface area contributed by atoms with E-state index in [1.54, 1.807) is 18.9 Å². The summed E-state index contributed by atoms with van der Waals surface area (Å²) in [5.74, 6) is 1.62. The number of ether oxygens (including phenoxy) is 1. The van der Waals surface area contributed by atoms with Gasteiger partial charge in [0.1, 0.15) is 5.75 Å². The van der Waals surface area contributed by atoms with Crippen molar-refractivity contribution in [1.82, 2.24) is 10.2 Å². The molecule has 6 heteroatoms. The van der Waals surface area contributed by atoms with Crippen LogP contribution in [0.3, 0.4) is 0 Å². The lowest BCUT2D eigenvalue weighted by atomic mass is 10.1. The van der Waals surface area contributed by atoms with E-state index in [4.69, 9.17) is 4.74 Å². The van der Waals surface area contributed by atoms with Gasteiger partial charge in [0.25, 0.3) is 0 Å². The van der Waals surface area contributed by atoms with E-state index in [9.17, 15) is 4.79 Å². The lowest BCUT2D eigenvalue weighted by Crippen LogP contribution is -2.39. The highest BCUT2D eigenvalue weighted by Crippen LogP contribution is 2.24. The number of halogens is 1. The monoisotopic (exact) mass is 342 g/mol. The van der Waals surface area contributed by atoms with Gasteiger partial charge in [-0.05, 0) is 43.5 Å². The third kappa shape index (κ3) is 4.31. The van der Waals surface area contributed by atoms with Gasteiger partial charge in [0, 0.05) is 30.1 Å². The van der Waals surface area contributed by atoms with Crippen LogP contribution in [0.25, 0.3) is 0 Å². The van der Waals surface area contributed by atoms with Crippen molar-refractivity contribution in [1.29, 1.82) is 0 Å². The molecule has 0 saturated carbocycles. The first-order chi connectivity index (χ1) is 10.2. The van der Waals surface area contributed by atoms with Crippen molar-refractivity contribution < 1.29 is 9.53 Å². The van der Waals surface area contributed by atoms with Crippen molar-refractivity contribution in [3.05, 3.63) is 24.3 Å². The van der Waals surface area contributed by atoms with E-state index in [2.05, 4.69) is 5.32 Å². The average molecular weight is 343 g/mol. The lowest BCUT2D eigenvalue weighted by molar-refractivity contribution is -0.128. The van der Waals surface area contributed by atoms with Gasteiger partial charge in [0.2, 0.25) is 5.91 Å². The fourth-order valence-corrected chi connectivity index (χ4v) is 3.88. The number of likely N-dealkylation sites (tertiary alicyclic amines) is 1. The number of benzene rings is 1. The smallest absolute Gasteiger partial charge is 0.232 e. The minimum absolute atomic E-state index is 0. The van der Waals surface area contributed by atoms with Crippen molar-refractivity contribution in [3.63, 3.8) is 0 Å². The Bertz CT molecular complexity index is 497. The fraction of sp³-hybridized carbons (Fsp3) is 0.562. The summed E-state index contributed by atoms with van der Waals surface area (Å²) in [6.45, 7) is 1.77. The normalized spacial score (nSPS) is 23.6. The first kappa shape index (κ1) is 17.4. The zero-order valence-corrected chi connectivity index (χ0v) is 14.4. The Labute approximate surface area is 142 Å². The number of hydrogen-bond donors (Lipinski definition) is 1. The molecule has 0 aliphatic carbocycles. The zero-order valence-electron chi connectivity index (χ0n) is 12.8. The quantitative estimate of drug-likeness (QED) is 0.854. The third-order valence-electron chi connectivity index (χ3n) is 4.30. The van der Waals surface area contributed by atoms with Crippen molar-refractivity contribution in [3.8, 4) is 5.75 Å². The number of rotatable bonds is 4. The minimum atomic E-state index is 0. The van der Waals surface area contributed by atoms with E-state index >= 15 is 0 Å². The van der Waals surface area contributed by atoms with Crippen LogP contribution in [0.5, 0.6) is 5.75 Å². The predicted octanol–water partition coefficient (Wildman–Crippen LogP) is 2.56. The molecule has 2 saturated heterocycles. The maximum absolute atomic E-state index is 12.4. The molecule has 1 amide bonds. The van der Waals surface area contributed by atoms with E-state index in [0.717, 1.165) is 30.2 Å². The standard InChI is InChI=1S/C16H22N2O2S.ClH/c1-20-14-4-6-15(7-5-14)21-11-16(19)18-9-8-12-2-3-13(10-18)17-12;/h4-7,12-13,17H,2-3,8-11H2,1H3;1H. The molecule has 1 aromatic rings. The molecule has 4 nitrogen and oxygen atoms in total. The summed E-state index contributed by atoms with van der Waals surface area (Å²) in [6, 6.07) is 9.00. The van der Waals surface area contributed by atoms with Crippen molar-refractivity contribution in [2.24, 2.45) is 0 Å². The van der Waals surface area contributed by atoms with Gasteiger partial charge in [-0.2, -0.15) is 0 Å². The Morgan fingerprint density at radius 3 is 2.73 bits per heavy atom. The number of carbonyl (C=O) groups is 1. The van der Waals surface area contributed by atoms with Gasteiger partial charge in [-0.1, -0.05) is 0 Å². The van der Waals surface area contributed by atoms with Gasteiger partial charge in [0.15, 0.2) is 0 Å². The van der Waals surface area contributed by atoms with Crippen LogP contribution in [0, 0.1) is 0 Å². The number of methoxy groups -OCH3 is 1. The van der Waals surface area contributed by atoms with Crippen molar-refractivity contribution >= 4 is 30.1 Å². The second-order valence-corrected chi connectivity index (χ2v) is 6.78. The Morgan fingerprint density at radius 2 is 2.00 bits per heavy atom. The maximum atomic E-state index is 12.4. The van der Waals surface area contributed by atoms with Crippen molar-refractivity contribution in [2.75, 3.05) is 26.0 Å². The second-order valence-electron chi connectivity index (χ2n) is 5.73. The van der Waals surface area contributed by atoms with Gasteiger partial charge < -0.3 is 15.0 Å². The van der Waals surface area contributed by atoms with Crippen LogP contribution in [0.4, 0.5) is 0 Å². The molecule has 0 aromatic heterocycles. The van der Waals surface area contributed by atoms with E-state index in [1.165, 1.54) is 12.8 Å². The predicted molar refractivity (Wildman–Crippen MR) is 92.1 cm³/mol. The number of thioether (sulfide) groups is 1. The molecule has 1 aromatic carbocycles. The van der Waals surface area contributed by atoms with Crippen LogP contribution in [0.15, 0.2) is 29.2 Å². The molecule has 2 heterocycles. The van der Waals surface area contributed by atoms with Gasteiger partial charge in [0.05, 0.1) is 12.9 Å². The highest BCUT2D eigenvalue weighted by molar-refractivity contribution is 8.00. The van der Waals surface area contributed by atoms with Gasteiger partial charge in [-0.25, -0.2) is 0 Å². The Morgan fingerprint density at radius 1 is 1.27 bits per heavy atom. The molecule has 2 unspecified atom stereocenters. The molecule has 0 radical (unpaired) electrons. The molecule has 2 bridgehead atoms. The highest BCUT2D eigenvalue weighted by Gasteiger charge is 2.30. The van der Waals surface area contributed by atoms with Crippen LogP contribution in [0.1, 0.15) is 19.3 Å². The molecule has 22 heavy (non-hydrogen) atoms. The average Bonchev–Trinajstić information content (AvgIpc) is 2.84. The summed E-state index contributed by atoms with van der Waals surface area (Å²) in [4.78, 5) is 15.5. The van der Waals surface area contributed by atoms with Crippen LogP contribution in [-0.2, 0) is 4.79 Å². The number of nitrogens with zero attached hydrogens (tertiary/aromatic N) is 1. The lowest BCUT2D eigenvalue weighted by Gasteiger charge is -2.24. The fourth-order valence-electron chi connectivity index (χ4n) is 3.08. The summed E-state index contributed by atoms with van der Waals surface area (Å²) >= 11 is 1.60. The van der Waals surface area contributed by atoms with E-state index in [1.807, 2.05) is 29.2 Å².